The van der Waals surface area contributed by atoms with Crippen LogP contribution in [-0.4, -0.2) is 25.1 Å². The number of amides is 1. The molecule has 0 fully saturated rings. The Morgan fingerprint density at radius 3 is 2.00 bits per heavy atom. The zero-order chi connectivity index (χ0) is 7.28. The highest BCUT2D eigenvalue weighted by atomic mass is 16.2. The van der Waals surface area contributed by atoms with Crippen LogP contribution >= 0.6 is 0 Å². The number of hydrogen-bond acceptors (Lipinski definition) is 3. The average Bonchev–Trinajstić information content (AvgIpc) is 1.90. The van der Waals surface area contributed by atoms with Crippen molar-refractivity contribution in [3.05, 3.63) is 0 Å². The fourth-order valence-corrected chi connectivity index (χ4v) is 0.519. The van der Waals surface area contributed by atoms with E-state index in [-0.39, 0.29) is 5.91 Å². The van der Waals surface area contributed by atoms with Crippen molar-refractivity contribution in [2.45, 2.75) is 13.3 Å². The summed E-state index contributed by atoms with van der Waals surface area (Å²) in [6.45, 7) is 1.81. The van der Waals surface area contributed by atoms with Crippen molar-refractivity contribution in [3.63, 3.8) is 0 Å². The molecular weight excluding hydrogens is 118 g/mol. The Morgan fingerprint density at radius 1 is 1.44 bits per heavy atom. The molecule has 0 atom stereocenters. The summed E-state index contributed by atoms with van der Waals surface area (Å²) in [5.74, 6) is 0.0278. The van der Waals surface area contributed by atoms with Crippen molar-refractivity contribution < 1.29 is 4.79 Å². The van der Waals surface area contributed by atoms with Crippen LogP contribution in [0.15, 0.2) is 0 Å². The van der Waals surface area contributed by atoms with E-state index in [9.17, 15) is 4.79 Å². The Balaban J connectivity index is 3.64. The average molecular weight is 131 g/mol. The summed E-state index contributed by atoms with van der Waals surface area (Å²) in [6.07, 6.45) is 0.502. The lowest BCUT2D eigenvalue weighted by atomic mass is 10.5. The maximum absolute atomic E-state index is 10.8. The summed E-state index contributed by atoms with van der Waals surface area (Å²) >= 11 is 0. The van der Waals surface area contributed by atoms with E-state index in [4.69, 9.17) is 0 Å². The molecule has 0 unspecified atom stereocenters. The second-order valence-electron chi connectivity index (χ2n) is 1.53. The largest absolute Gasteiger partial charge is 0.272 e. The van der Waals surface area contributed by atoms with E-state index in [0.717, 1.165) is 0 Å². The third-order valence-corrected chi connectivity index (χ3v) is 0.999. The lowest BCUT2D eigenvalue weighted by molar-refractivity contribution is -0.136. The Bertz CT molecular complexity index is 90.2. The van der Waals surface area contributed by atoms with Crippen LogP contribution in [-0.2, 0) is 4.79 Å². The second-order valence-corrected chi connectivity index (χ2v) is 1.53. The second kappa shape index (κ2) is 4.29. The number of carbonyl (C=O) groups is 1. The van der Waals surface area contributed by atoms with E-state index < -0.39 is 0 Å². The molecule has 0 aliphatic carbocycles. The summed E-state index contributed by atoms with van der Waals surface area (Å²) in [6, 6.07) is 0. The number of nitrogens with zero attached hydrogens (tertiary/aromatic N) is 1. The Morgan fingerprint density at radius 2 is 1.89 bits per heavy atom. The van der Waals surface area contributed by atoms with Gasteiger partial charge < -0.3 is 0 Å². The third kappa shape index (κ3) is 2.43. The number of rotatable bonds is 3. The standard InChI is InChI=1S/C5H13N3O/c1-4-5(9)8(6-2)7-3/h6-7H,4H2,1-3H3. The fourth-order valence-electron chi connectivity index (χ4n) is 0.519. The van der Waals surface area contributed by atoms with Crippen molar-refractivity contribution in [3.8, 4) is 0 Å². The van der Waals surface area contributed by atoms with Gasteiger partial charge in [0, 0.05) is 20.5 Å². The quantitative estimate of drug-likeness (QED) is 0.507. The molecule has 4 nitrogen and oxygen atoms in total. The highest BCUT2D eigenvalue weighted by Crippen LogP contribution is 1.81. The van der Waals surface area contributed by atoms with Gasteiger partial charge in [0.05, 0.1) is 0 Å². The minimum Gasteiger partial charge on any atom is -0.272 e. The Labute approximate surface area is 55.2 Å². The van der Waals surface area contributed by atoms with Gasteiger partial charge in [-0.15, -0.1) is 0 Å². The highest BCUT2D eigenvalue weighted by Gasteiger charge is 2.04. The molecule has 0 aromatic carbocycles. The van der Waals surface area contributed by atoms with Crippen molar-refractivity contribution >= 4 is 5.91 Å². The first kappa shape index (κ1) is 8.39. The highest BCUT2D eigenvalue weighted by molar-refractivity contribution is 5.74. The number of nitrogens with one attached hydrogen (secondary N) is 2. The molecule has 0 aromatic rings. The van der Waals surface area contributed by atoms with Crippen LogP contribution in [0.5, 0.6) is 0 Å². The number of hydrazine groups is 2. The van der Waals surface area contributed by atoms with Gasteiger partial charge in [-0.05, 0) is 0 Å². The summed E-state index contributed by atoms with van der Waals surface area (Å²) in [7, 11) is 3.37. The van der Waals surface area contributed by atoms with Crippen LogP contribution in [0, 0.1) is 0 Å². The summed E-state index contributed by atoms with van der Waals surface area (Å²) in [4.78, 5) is 10.8. The summed E-state index contributed by atoms with van der Waals surface area (Å²) < 4.78 is 0. The van der Waals surface area contributed by atoms with Crippen molar-refractivity contribution in [2.75, 3.05) is 14.1 Å². The minimum absolute atomic E-state index is 0.0278. The molecule has 0 bridgehead atoms. The first-order valence-electron chi connectivity index (χ1n) is 2.94. The molecule has 0 aromatic heterocycles. The number of hydrogen-bond donors (Lipinski definition) is 2. The molecule has 4 heteroatoms. The zero-order valence-electron chi connectivity index (χ0n) is 6.06. The SMILES string of the molecule is CCC(=O)N(NC)NC. The van der Waals surface area contributed by atoms with Gasteiger partial charge in [0.2, 0.25) is 0 Å². The van der Waals surface area contributed by atoms with Gasteiger partial charge in [0.1, 0.15) is 0 Å². The first-order valence-corrected chi connectivity index (χ1v) is 2.94. The monoisotopic (exact) mass is 131 g/mol. The Kier molecular flexibility index (Phi) is 4.00. The Hall–Kier alpha value is -0.610. The molecule has 0 heterocycles. The van der Waals surface area contributed by atoms with Gasteiger partial charge in [-0.1, -0.05) is 6.92 Å². The molecular formula is C5H13N3O. The molecule has 0 radical (unpaired) electrons. The fraction of sp³-hybridized carbons (Fsp3) is 0.800. The van der Waals surface area contributed by atoms with Gasteiger partial charge in [0.15, 0.2) is 0 Å². The van der Waals surface area contributed by atoms with Gasteiger partial charge >= 0.3 is 0 Å². The normalized spacial score (nSPS) is 9.22. The molecule has 54 valence electrons. The lowest BCUT2D eigenvalue weighted by Gasteiger charge is -2.17. The predicted molar refractivity (Wildman–Crippen MR) is 35.3 cm³/mol. The van der Waals surface area contributed by atoms with Crippen LogP contribution in [0.25, 0.3) is 0 Å². The van der Waals surface area contributed by atoms with Crippen molar-refractivity contribution in [2.24, 2.45) is 0 Å². The van der Waals surface area contributed by atoms with E-state index in [1.807, 2.05) is 6.92 Å². The van der Waals surface area contributed by atoms with E-state index >= 15 is 0 Å². The van der Waals surface area contributed by atoms with E-state index in [2.05, 4.69) is 10.9 Å². The van der Waals surface area contributed by atoms with E-state index in [0.29, 0.717) is 6.42 Å². The van der Waals surface area contributed by atoms with Crippen LogP contribution in [0.4, 0.5) is 0 Å². The summed E-state index contributed by atoms with van der Waals surface area (Å²) in [5, 5.41) is 1.33. The smallest absolute Gasteiger partial charge is 0.251 e. The van der Waals surface area contributed by atoms with E-state index in [1.54, 1.807) is 14.1 Å². The van der Waals surface area contributed by atoms with Crippen LogP contribution < -0.4 is 10.9 Å². The van der Waals surface area contributed by atoms with Crippen LogP contribution in [0.2, 0.25) is 0 Å². The molecule has 9 heavy (non-hydrogen) atoms. The summed E-state index contributed by atoms with van der Waals surface area (Å²) in [5.41, 5.74) is 5.35. The molecule has 0 spiro atoms. The molecule has 0 saturated carbocycles. The van der Waals surface area contributed by atoms with Crippen LogP contribution in [0.3, 0.4) is 0 Å². The van der Waals surface area contributed by atoms with Crippen LogP contribution in [0.1, 0.15) is 13.3 Å². The minimum atomic E-state index is 0.0278. The van der Waals surface area contributed by atoms with E-state index in [1.165, 1.54) is 5.12 Å². The van der Waals surface area contributed by atoms with Crippen molar-refractivity contribution in [1.29, 1.82) is 0 Å². The number of carbonyl (C=O) groups excluding carboxylic acids is 1. The molecule has 2 N–H and O–H groups in total. The van der Waals surface area contributed by atoms with Gasteiger partial charge in [-0.3, -0.25) is 4.79 Å². The van der Waals surface area contributed by atoms with Gasteiger partial charge in [-0.2, -0.15) is 0 Å². The van der Waals surface area contributed by atoms with Gasteiger partial charge in [-0.25, -0.2) is 16.0 Å². The molecule has 0 aliphatic rings. The topological polar surface area (TPSA) is 44.4 Å². The first-order chi connectivity index (χ1) is 4.26. The maximum Gasteiger partial charge on any atom is 0.251 e. The lowest BCUT2D eigenvalue weighted by Crippen LogP contribution is -2.48. The van der Waals surface area contributed by atoms with Crippen molar-refractivity contribution in [1.82, 2.24) is 16.0 Å². The zero-order valence-corrected chi connectivity index (χ0v) is 6.06. The predicted octanol–water partition coefficient (Wildman–Crippen LogP) is -0.506. The van der Waals surface area contributed by atoms with Gasteiger partial charge in [0.25, 0.3) is 5.91 Å². The molecule has 0 rings (SSSR count). The maximum atomic E-state index is 10.8. The molecule has 0 aliphatic heterocycles. The molecule has 1 amide bonds. The molecule has 0 saturated heterocycles. The third-order valence-electron chi connectivity index (χ3n) is 0.999.